The Balaban J connectivity index is 4.32. The molecule has 0 saturated carbocycles. The molecule has 0 fully saturated rings. The van der Waals surface area contributed by atoms with Gasteiger partial charge in [0.05, 0.1) is 6.10 Å². The number of aliphatic carboxylic acids is 1. The lowest BCUT2D eigenvalue weighted by Gasteiger charge is -2.29. The molecule has 0 amide bonds. The minimum Gasteiger partial charge on any atom is -0.480 e. The number of carbonyl (C=O) groups is 1. The third-order valence-corrected chi connectivity index (χ3v) is 2.57. The molecule has 0 aromatic rings. The Bertz CT molecular complexity index is 184. The van der Waals surface area contributed by atoms with Gasteiger partial charge in [0.1, 0.15) is 5.54 Å². The Morgan fingerprint density at radius 2 is 2.00 bits per heavy atom. The Hall–Kier alpha value is -0.610. The minimum atomic E-state index is -1.47. The first-order valence-corrected chi connectivity index (χ1v) is 5.19. The van der Waals surface area contributed by atoms with Crippen molar-refractivity contribution in [1.29, 1.82) is 0 Å². The van der Waals surface area contributed by atoms with E-state index in [1.807, 2.05) is 6.92 Å². The van der Waals surface area contributed by atoms with Crippen LogP contribution >= 0.6 is 0 Å². The fourth-order valence-electron chi connectivity index (χ4n) is 1.45. The number of carboxylic acids is 1. The van der Waals surface area contributed by atoms with E-state index in [-0.39, 0.29) is 0 Å². The summed E-state index contributed by atoms with van der Waals surface area (Å²) in [6.45, 7) is 3.77. The number of nitrogens with two attached hydrogens (primary N) is 1. The first-order chi connectivity index (χ1) is 6.49. The van der Waals surface area contributed by atoms with E-state index in [1.165, 1.54) is 0 Å². The molecule has 0 radical (unpaired) electrons. The number of carboxylic acid groups (broad SMARTS) is 1. The summed E-state index contributed by atoms with van der Waals surface area (Å²) in [6, 6.07) is 0. The molecule has 14 heavy (non-hydrogen) atoms. The molecule has 4 nitrogen and oxygen atoms in total. The van der Waals surface area contributed by atoms with E-state index in [1.54, 1.807) is 6.92 Å². The van der Waals surface area contributed by atoms with Gasteiger partial charge in [0.25, 0.3) is 0 Å². The minimum absolute atomic E-state index is 0.338. The molecule has 4 heteroatoms. The van der Waals surface area contributed by atoms with Crippen LogP contribution in [0.1, 0.15) is 46.0 Å². The zero-order valence-corrected chi connectivity index (χ0v) is 8.99. The topological polar surface area (TPSA) is 83.6 Å². The maximum atomic E-state index is 10.9. The van der Waals surface area contributed by atoms with E-state index in [0.29, 0.717) is 12.8 Å². The second-order valence-electron chi connectivity index (χ2n) is 3.73. The molecule has 0 aliphatic rings. The van der Waals surface area contributed by atoms with Crippen molar-refractivity contribution < 1.29 is 15.0 Å². The summed E-state index contributed by atoms with van der Waals surface area (Å²) in [5.74, 6) is -1.11. The molecule has 0 aliphatic heterocycles. The third-order valence-electron chi connectivity index (χ3n) is 2.57. The fraction of sp³-hybridized carbons (Fsp3) is 0.900. The van der Waals surface area contributed by atoms with Crippen LogP contribution < -0.4 is 5.73 Å². The number of unbranched alkanes of at least 4 members (excludes halogenated alkanes) is 2. The lowest BCUT2D eigenvalue weighted by molar-refractivity contribution is -0.148. The Morgan fingerprint density at radius 3 is 2.36 bits per heavy atom. The van der Waals surface area contributed by atoms with E-state index in [4.69, 9.17) is 10.8 Å². The number of aliphatic hydroxyl groups is 1. The van der Waals surface area contributed by atoms with Gasteiger partial charge < -0.3 is 15.9 Å². The summed E-state index contributed by atoms with van der Waals surface area (Å²) >= 11 is 0. The largest absolute Gasteiger partial charge is 0.480 e. The molecule has 0 bridgehead atoms. The van der Waals surface area contributed by atoms with Crippen LogP contribution in [0.25, 0.3) is 0 Å². The van der Waals surface area contributed by atoms with Gasteiger partial charge in [-0.1, -0.05) is 33.1 Å². The highest BCUT2D eigenvalue weighted by molar-refractivity contribution is 5.79. The van der Waals surface area contributed by atoms with Crippen molar-refractivity contribution in [2.75, 3.05) is 0 Å². The van der Waals surface area contributed by atoms with Crippen molar-refractivity contribution in [2.45, 2.75) is 57.6 Å². The van der Waals surface area contributed by atoms with Gasteiger partial charge in [-0.25, -0.2) is 0 Å². The van der Waals surface area contributed by atoms with E-state index >= 15 is 0 Å². The Morgan fingerprint density at radius 1 is 1.43 bits per heavy atom. The monoisotopic (exact) mass is 203 g/mol. The number of hydrogen-bond donors (Lipinski definition) is 3. The highest BCUT2D eigenvalue weighted by Crippen LogP contribution is 2.19. The molecule has 0 aromatic carbocycles. The van der Waals surface area contributed by atoms with Crippen LogP contribution in [-0.4, -0.2) is 27.8 Å². The second kappa shape index (κ2) is 5.98. The molecule has 84 valence electrons. The molecular formula is C10H21NO3. The SMILES string of the molecule is CCCCCC(N)(C(=O)O)C(O)CC. The van der Waals surface area contributed by atoms with Crippen molar-refractivity contribution in [3.05, 3.63) is 0 Å². The van der Waals surface area contributed by atoms with Crippen LogP contribution in [-0.2, 0) is 4.79 Å². The summed E-state index contributed by atoms with van der Waals surface area (Å²) in [7, 11) is 0. The van der Waals surface area contributed by atoms with Crippen molar-refractivity contribution in [3.63, 3.8) is 0 Å². The van der Waals surface area contributed by atoms with Crippen LogP contribution in [0.5, 0.6) is 0 Å². The van der Waals surface area contributed by atoms with Gasteiger partial charge in [-0.15, -0.1) is 0 Å². The number of hydrogen-bond acceptors (Lipinski definition) is 3. The average molecular weight is 203 g/mol. The molecular weight excluding hydrogens is 182 g/mol. The van der Waals surface area contributed by atoms with Gasteiger partial charge in [-0.2, -0.15) is 0 Å². The Labute approximate surface area is 85.1 Å². The van der Waals surface area contributed by atoms with Crippen molar-refractivity contribution >= 4 is 5.97 Å². The molecule has 0 rings (SSSR count). The van der Waals surface area contributed by atoms with Crippen LogP contribution in [0.4, 0.5) is 0 Å². The van der Waals surface area contributed by atoms with Gasteiger partial charge in [0.15, 0.2) is 0 Å². The van der Waals surface area contributed by atoms with Crippen LogP contribution in [0, 0.1) is 0 Å². The first-order valence-electron chi connectivity index (χ1n) is 5.19. The summed E-state index contributed by atoms with van der Waals surface area (Å²) in [5, 5.41) is 18.5. The third kappa shape index (κ3) is 3.27. The van der Waals surface area contributed by atoms with Gasteiger partial charge in [-0.3, -0.25) is 4.79 Å². The van der Waals surface area contributed by atoms with Crippen LogP contribution in [0.3, 0.4) is 0 Å². The van der Waals surface area contributed by atoms with E-state index in [9.17, 15) is 9.90 Å². The van der Waals surface area contributed by atoms with Gasteiger partial charge >= 0.3 is 5.97 Å². The lowest BCUT2D eigenvalue weighted by atomic mass is 9.86. The number of rotatable bonds is 7. The zero-order valence-electron chi connectivity index (χ0n) is 8.99. The molecule has 0 saturated heterocycles. The smallest absolute Gasteiger partial charge is 0.326 e. The average Bonchev–Trinajstić information content (AvgIpc) is 2.16. The van der Waals surface area contributed by atoms with Gasteiger partial charge in [0.2, 0.25) is 0 Å². The van der Waals surface area contributed by atoms with E-state index in [2.05, 4.69) is 0 Å². The molecule has 2 unspecified atom stereocenters. The normalized spacial score (nSPS) is 17.4. The van der Waals surface area contributed by atoms with E-state index < -0.39 is 17.6 Å². The highest BCUT2D eigenvalue weighted by atomic mass is 16.4. The summed E-state index contributed by atoms with van der Waals surface area (Å²) in [6.07, 6.45) is 2.45. The summed E-state index contributed by atoms with van der Waals surface area (Å²) in [5.41, 5.74) is 4.22. The molecule has 4 N–H and O–H groups in total. The predicted molar refractivity (Wildman–Crippen MR) is 55.0 cm³/mol. The predicted octanol–water partition coefficient (Wildman–Crippen LogP) is 1.12. The molecule has 0 heterocycles. The number of aliphatic hydroxyl groups excluding tert-OH is 1. The van der Waals surface area contributed by atoms with Crippen molar-refractivity contribution in [2.24, 2.45) is 5.73 Å². The zero-order chi connectivity index (χ0) is 11.2. The molecule has 0 spiro atoms. The van der Waals surface area contributed by atoms with Gasteiger partial charge in [0, 0.05) is 0 Å². The first kappa shape index (κ1) is 13.4. The molecule has 0 aliphatic carbocycles. The maximum absolute atomic E-state index is 10.9. The van der Waals surface area contributed by atoms with Crippen LogP contribution in [0.15, 0.2) is 0 Å². The van der Waals surface area contributed by atoms with E-state index in [0.717, 1.165) is 19.3 Å². The lowest BCUT2D eigenvalue weighted by Crippen LogP contribution is -2.57. The van der Waals surface area contributed by atoms with Crippen molar-refractivity contribution in [1.82, 2.24) is 0 Å². The quantitative estimate of drug-likeness (QED) is 0.541. The highest BCUT2D eigenvalue weighted by Gasteiger charge is 2.39. The van der Waals surface area contributed by atoms with Crippen LogP contribution in [0.2, 0.25) is 0 Å². The Kier molecular flexibility index (Phi) is 5.72. The van der Waals surface area contributed by atoms with Gasteiger partial charge in [-0.05, 0) is 12.8 Å². The molecule has 0 aromatic heterocycles. The molecule has 2 atom stereocenters. The standard InChI is InChI=1S/C10H21NO3/c1-3-5-6-7-10(11,9(13)14)8(12)4-2/h8,12H,3-7,11H2,1-2H3,(H,13,14). The summed E-state index contributed by atoms with van der Waals surface area (Å²) < 4.78 is 0. The fourth-order valence-corrected chi connectivity index (χ4v) is 1.45. The maximum Gasteiger partial charge on any atom is 0.326 e. The second-order valence-corrected chi connectivity index (χ2v) is 3.73. The summed E-state index contributed by atoms with van der Waals surface area (Å²) in [4.78, 5) is 10.9. The van der Waals surface area contributed by atoms with Crippen molar-refractivity contribution in [3.8, 4) is 0 Å².